The van der Waals surface area contributed by atoms with Gasteiger partial charge in [-0.25, -0.2) is 17.8 Å². The lowest BCUT2D eigenvalue weighted by atomic mass is 10.2. The highest BCUT2D eigenvalue weighted by Gasteiger charge is 2.22. The molecule has 0 saturated heterocycles. The average Bonchev–Trinajstić information content (AvgIpc) is 3.21. The molecule has 1 heterocycles. The van der Waals surface area contributed by atoms with Crippen molar-refractivity contribution >= 4 is 68.2 Å². The van der Waals surface area contributed by atoms with E-state index in [0.29, 0.717) is 5.69 Å². The van der Waals surface area contributed by atoms with Crippen LogP contribution in [0.1, 0.15) is 0 Å². The van der Waals surface area contributed by atoms with E-state index in [0.717, 1.165) is 30.9 Å². The maximum atomic E-state index is 14.7. The maximum absolute atomic E-state index is 14.7. The first-order valence-corrected chi connectivity index (χ1v) is 11.7. The molecule has 3 rings (SSSR count). The number of rotatable bonds is 9. The number of sulfonamides is 1. The highest BCUT2D eigenvalue weighted by atomic mass is 35.5. The molecule has 31 heavy (non-hydrogen) atoms. The summed E-state index contributed by atoms with van der Waals surface area (Å²) in [6, 6.07) is 9.67. The van der Waals surface area contributed by atoms with E-state index in [1.807, 2.05) is 43.3 Å². The Morgan fingerprint density at radius 2 is 1.97 bits per heavy atom. The summed E-state index contributed by atoms with van der Waals surface area (Å²) >= 11 is 7.52. The van der Waals surface area contributed by atoms with Crippen LogP contribution in [-0.2, 0) is 10.0 Å². The molecule has 2 aromatic carbocycles. The molecular weight excluding hydrogens is 484 g/mol. The van der Waals surface area contributed by atoms with Gasteiger partial charge in [-0.3, -0.25) is 4.72 Å². The second-order valence-corrected chi connectivity index (χ2v) is 9.19. The van der Waals surface area contributed by atoms with Crippen LogP contribution in [0.3, 0.4) is 0 Å². The number of hydrogen-bond acceptors (Lipinski definition) is 7. The van der Waals surface area contributed by atoms with E-state index in [-0.39, 0.29) is 28.9 Å². The minimum Gasteiger partial charge on any atom is -0.372 e. The molecule has 0 bridgehead atoms. The van der Waals surface area contributed by atoms with E-state index in [4.69, 9.17) is 11.6 Å². The molecule has 168 valence electrons. The van der Waals surface area contributed by atoms with Gasteiger partial charge in [-0.05, 0) is 25.2 Å². The molecule has 0 atom stereocenters. The molecule has 0 fully saturated rings. The fourth-order valence-corrected chi connectivity index (χ4v) is 4.66. The zero-order valence-electron chi connectivity index (χ0n) is 16.7. The fourth-order valence-electron chi connectivity index (χ4n) is 2.74. The van der Waals surface area contributed by atoms with Gasteiger partial charge in [0.1, 0.15) is 10.7 Å². The zero-order chi connectivity index (χ0) is 21.7. The second-order valence-electron chi connectivity index (χ2n) is 6.41. The molecule has 0 aliphatic heterocycles. The van der Waals surface area contributed by atoms with Gasteiger partial charge >= 0.3 is 0 Å². The molecule has 0 amide bonds. The number of hydrogen-bond donors (Lipinski definition) is 3. The van der Waals surface area contributed by atoms with Crippen molar-refractivity contribution in [2.45, 2.75) is 4.90 Å². The van der Waals surface area contributed by atoms with Gasteiger partial charge in [-0.2, -0.15) is 0 Å². The van der Waals surface area contributed by atoms with Gasteiger partial charge in [0, 0.05) is 31.6 Å². The number of thiazole rings is 1. The van der Waals surface area contributed by atoms with Crippen molar-refractivity contribution in [1.29, 1.82) is 0 Å². The van der Waals surface area contributed by atoms with Crippen LogP contribution in [0.4, 0.5) is 27.3 Å². The normalized spacial score (nSPS) is 11.0. The lowest BCUT2D eigenvalue weighted by molar-refractivity contribution is 0.570. The number of likely N-dealkylation sites (N-methyl/N-ethyl adjacent to an activating group) is 2. The van der Waals surface area contributed by atoms with Crippen molar-refractivity contribution in [1.82, 2.24) is 10.3 Å². The third kappa shape index (κ3) is 6.20. The smallest absolute Gasteiger partial charge is 0.266 e. The van der Waals surface area contributed by atoms with Crippen molar-refractivity contribution in [2.75, 3.05) is 42.1 Å². The van der Waals surface area contributed by atoms with Crippen molar-refractivity contribution in [3.05, 3.63) is 58.1 Å². The zero-order valence-corrected chi connectivity index (χ0v) is 19.9. The first-order valence-electron chi connectivity index (χ1n) is 8.93. The Balaban J connectivity index is 0.00000341. The van der Waals surface area contributed by atoms with Gasteiger partial charge in [-0.1, -0.05) is 23.7 Å². The van der Waals surface area contributed by atoms with Crippen LogP contribution >= 0.6 is 35.3 Å². The number of nitrogens with zero attached hydrogens (tertiary/aromatic N) is 2. The van der Waals surface area contributed by atoms with Gasteiger partial charge in [0.25, 0.3) is 10.0 Å². The number of para-hydroxylation sites is 2. The number of halogens is 3. The molecule has 0 radical (unpaired) electrons. The SMILES string of the molecule is CNCCN(C)c1ccccc1Nc1cc(F)c(S(=O)(=O)Nc2cscn2)cc1Cl.Cl. The molecule has 0 spiro atoms. The van der Waals surface area contributed by atoms with Crippen LogP contribution in [0.15, 0.2) is 52.2 Å². The molecule has 0 aliphatic rings. The van der Waals surface area contributed by atoms with E-state index >= 15 is 0 Å². The second kappa shape index (κ2) is 11.0. The molecule has 1 aromatic heterocycles. The van der Waals surface area contributed by atoms with Crippen LogP contribution in [0.25, 0.3) is 0 Å². The van der Waals surface area contributed by atoms with Gasteiger partial charge in [0.15, 0.2) is 5.82 Å². The Hall–Kier alpha value is -2.11. The lowest BCUT2D eigenvalue weighted by Gasteiger charge is -2.23. The summed E-state index contributed by atoms with van der Waals surface area (Å²) in [6.45, 7) is 1.55. The molecule has 3 N–H and O–H groups in total. The van der Waals surface area contributed by atoms with Crippen molar-refractivity contribution in [3.63, 3.8) is 0 Å². The van der Waals surface area contributed by atoms with E-state index in [1.54, 1.807) is 0 Å². The summed E-state index contributed by atoms with van der Waals surface area (Å²) in [5.41, 5.74) is 3.34. The summed E-state index contributed by atoms with van der Waals surface area (Å²) in [5.74, 6) is -0.804. The first kappa shape index (κ1) is 25.2. The Morgan fingerprint density at radius 3 is 2.65 bits per heavy atom. The van der Waals surface area contributed by atoms with E-state index < -0.39 is 20.7 Å². The Kier molecular flexibility index (Phi) is 8.90. The monoisotopic (exact) mass is 505 g/mol. The third-order valence-electron chi connectivity index (χ3n) is 4.26. The molecule has 3 aromatic rings. The number of aromatic nitrogens is 1. The van der Waals surface area contributed by atoms with Crippen LogP contribution < -0.4 is 20.3 Å². The van der Waals surface area contributed by atoms with Crippen LogP contribution in [0.2, 0.25) is 5.02 Å². The molecule has 0 unspecified atom stereocenters. The summed E-state index contributed by atoms with van der Waals surface area (Å²) in [6.07, 6.45) is 0. The van der Waals surface area contributed by atoms with Gasteiger partial charge in [0.2, 0.25) is 0 Å². The van der Waals surface area contributed by atoms with E-state index in [1.165, 1.54) is 22.2 Å². The third-order valence-corrected chi connectivity index (χ3v) is 6.53. The minimum absolute atomic E-state index is 0. The minimum atomic E-state index is -4.17. The highest BCUT2D eigenvalue weighted by molar-refractivity contribution is 7.92. The first-order chi connectivity index (χ1) is 14.3. The predicted molar refractivity (Wildman–Crippen MR) is 129 cm³/mol. The van der Waals surface area contributed by atoms with Gasteiger partial charge in [-0.15, -0.1) is 23.7 Å². The molecule has 0 saturated carbocycles. The van der Waals surface area contributed by atoms with Crippen molar-refractivity contribution in [2.24, 2.45) is 0 Å². The van der Waals surface area contributed by atoms with Crippen molar-refractivity contribution in [3.8, 4) is 0 Å². The highest BCUT2D eigenvalue weighted by Crippen LogP contribution is 2.34. The number of benzene rings is 2. The van der Waals surface area contributed by atoms with Crippen molar-refractivity contribution < 1.29 is 12.8 Å². The summed E-state index contributed by atoms with van der Waals surface area (Å²) < 4.78 is 42.0. The summed E-state index contributed by atoms with van der Waals surface area (Å²) in [7, 11) is -0.347. The predicted octanol–water partition coefficient (Wildman–Crippen LogP) is 4.56. The van der Waals surface area contributed by atoms with Crippen LogP contribution in [-0.4, -0.2) is 40.6 Å². The fraction of sp³-hybridized carbons (Fsp3) is 0.211. The Labute approximate surface area is 196 Å². The molecule has 0 aliphatic carbocycles. The number of anilines is 4. The average molecular weight is 506 g/mol. The van der Waals surface area contributed by atoms with Gasteiger partial charge in [0.05, 0.1) is 27.6 Å². The quantitative estimate of drug-likeness (QED) is 0.395. The van der Waals surface area contributed by atoms with E-state index in [9.17, 15) is 12.8 Å². The Morgan fingerprint density at radius 1 is 1.23 bits per heavy atom. The molecular formula is C19H22Cl2FN5O2S2. The largest absolute Gasteiger partial charge is 0.372 e. The maximum Gasteiger partial charge on any atom is 0.266 e. The number of nitrogens with one attached hydrogen (secondary N) is 3. The molecule has 12 heteroatoms. The van der Waals surface area contributed by atoms with E-state index in [2.05, 4.69) is 20.3 Å². The standard InChI is InChI=1S/C19H21ClFN5O2S2.ClH/c1-22-7-8-26(2)17-6-4-3-5-15(17)24-16-10-14(21)18(9-13(16)20)30(27,28)25-19-11-29-12-23-19;/h3-6,9-12,22,24-25H,7-8H2,1-2H3;1H. The van der Waals surface area contributed by atoms with Crippen LogP contribution in [0.5, 0.6) is 0 Å². The van der Waals surface area contributed by atoms with Crippen LogP contribution in [0, 0.1) is 5.82 Å². The summed E-state index contributed by atoms with van der Waals surface area (Å²) in [5, 5.41) is 7.77. The Bertz CT molecular complexity index is 1110. The summed E-state index contributed by atoms with van der Waals surface area (Å²) in [4.78, 5) is 5.34. The lowest BCUT2D eigenvalue weighted by Crippen LogP contribution is -2.27. The van der Waals surface area contributed by atoms with Gasteiger partial charge < -0.3 is 15.5 Å². The topological polar surface area (TPSA) is 86.4 Å². The molecule has 7 nitrogen and oxygen atoms in total.